The number of Topliss-reactive ketones (excluding diaryl/α,β-unsaturated/α-hetero) is 1. The van der Waals surface area contributed by atoms with E-state index < -0.39 is 0 Å². The first-order valence-electron chi connectivity index (χ1n) is 7.02. The van der Waals surface area contributed by atoms with Gasteiger partial charge < -0.3 is 0 Å². The van der Waals surface area contributed by atoms with E-state index in [9.17, 15) is 4.79 Å². The van der Waals surface area contributed by atoms with Crippen molar-refractivity contribution in [1.29, 1.82) is 0 Å². The summed E-state index contributed by atoms with van der Waals surface area (Å²) in [6.07, 6.45) is 1.84. The van der Waals surface area contributed by atoms with Gasteiger partial charge in [-0.1, -0.05) is 38.1 Å². The van der Waals surface area contributed by atoms with Crippen LogP contribution in [0.4, 0.5) is 0 Å². The van der Waals surface area contributed by atoms with Crippen LogP contribution in [0, 0.1) is 0 Å². The van der Waals surface area contributed by atoms with Crippen LogP contribution in [-0.2, 0) is 11.2 Å². The molecule has 0 spiro atoms. The Hall–Kier alpha value is -0.410. The molecule has 0 amide bonds. The van der Waals surface area contributed by atoms with Crippen molar-refractivity contribution >= 4 is 29.3 Å². The molecule has 1 heterocycles. The average Bonchev–Trinajstić information content (AvgIpc) is 2.39. The summed E-state index contributed by atoms with van der Waals surface area (Å²) < 4.78 is 0. The summed E-state index contributed by atoms with van der Waals surface area (Å²) in [7, 11) is 0. The highest BCUT2D eigenvalue weighted by Crippen LogP contribution is 2.41. The van der Waals surface area contributed by atoms with Crippen molar-refractivity contribution in [2.45, 2.75) is 48.4 Å². The second kappa shape index (κ2) is 5.53. The van der Waals surface area contributed by atoms with Crippen molar-refractivity contribution in [3.63, 3.8) is 0 Å². The molecule has 0 radical (unpaired) electrons. The van der Waals surface area contributed by atoms with E-state index in [-0.39, 0.29) is 5.25 Å². The number of ketones is 1. The van der Waals surface area contributed by atoms with E-state index in [1.54, 1.807) is 0 Å². The van der Waals surface area contributed by atoms with Crippen molar-refractivity contribution in [1.82, 2.24) is 0 Å². The molecule has 19 heavy (non-hydrogen) atoms. The van der Waals surface area contributed by atoms with Crippen molar-refractivity contribution in [3.05, 3.63) is 35.4 Å². The standard InChI is InChI=1S/C16H20OS2/c1-10-11(2)19-16(9-18-10)15(17)8-13-7-12-5-3-4-6-14(12)13/h3-6,10-11,13,16H,7-9H2,1-2H3. The zero-order chi connectivity index (χ0) is 13.4. The fourth-order valence-corrected chi connectivity index (χ4v) is 5.77. The van der Waals surface area contributed by atoms with E-state index in [4.69, 9.17) is 0 Å². The van der Waals surface area contributed by atoms with Gasteiger partial charge in [0.2, 0.25) is 0 Å². The van der Waals surface area contributed by atoms with E-state index in [1.807, 2.05) is 23.5 Å². The molecule has 0 aromatic heterocycles. The van der Waals surface area contributed by atoms with Gasteiger partial charge >= 0.3 is 0 Å². The van der Waals surface area contributed by atoms with Crippen LogP contribution >= 0.6 is 23.5 Å². The predicted octanol–water partition coefficient (Wildman–Crippen LogP) is 3.91. The number of benzene rings is 1. The van der Waals surface area contributed by atoms with E-state index in [2.05, 4.69) is 38.1 Å². The van der Waals surface area contributed by atoms with Gasteiger partial charge in [0, 0.05) is 22.7 Å². The molecule has 4 unspecified atom stereocenters. The Morgan fingerprint density at radius 3 is 2.79 bits per heavy atom. The minimum Gasteiger partial charge on any atom is -0.298 e. The Morgan fingerprint density at radius 1 is 1.26 bits per heavy atom. The molecule has 0 N–H and O–H groups in total. The van der Waals surface area contributed by atoms with E-state index >= 15 is 0 Å². The lowest BCUT2D eigenvalue weighted by molar-refractivity contribution is -0.118. The first-order chi connectivity index (χ1) is 9.15. The second-order valence-electron chi connectivity index (χ2n) is 5.64. The monoisotopic (exact) mass is 292 g/mol. The van der Waals surface area contributed by atoms with Gasteiger partial charge in [-0.2, -0.15) is 11.8 Å². The van der Waals surface area contributed by atoms with Crippen LogP contribution in [-0.4, -0.2) is 27.3 Å². The van der Waals surface area contributed by atoms with Crippen molar-refractivity contribution < 1.29 is 4.79 Å². The number of hydrogen-bond donors (Lipinski definition) is 0. The summed E-state index contributed by atoms with van der Waals surface area (Å²) in [6, 6.07) is 8.55. The molecular formula is C16H20OS2. The highest BCUT2D eigenvalue weighted by Gasteiger charge is 2.34. The summed E-state index contributed by atoms with van der Waals surface area (Å²) in [4.78, 5) is 12.4. The van der Waals surface area contributed by atoms with E-state index in [0.29, 0.717) is 22.2 Å². The molecule has 1 aliphatic heterocycles. The van der Waals surface area contributed by atoms with Gasteiger partial charge in [0.15, 0.2) is 0 Å². The Balaban J connectivity index is 1.58. The minimum atomic E-state index is 0.226. The first kappa shape index (κ1) is 13.6. The highest BCUT2D eigenvalue weighted by molar-refractivity contribution is 8.08. The van der Waals surface area contributed by atoms with Crippen LogP contribution in [0.5, 0.6) is 0 Å². The van der Waals surface area contributed by atoms with Gasteiger partial charge in [-0.25, -0.2) is 0 Å². The van der Waals surface area contributed by atoms with Gasteiger partial charge in [0.05, 0.1) is 5.25 Å². The number of carbonyl (C=O) groups is 1. The molecule has 0 saturated carbocycles. The van der Waals surface area contributed by atoms with Crippen molar-refractivity contribution in [2.24, 2.45) is 0 Å². The quantitative estimate of drug-likeness (QED) is 0.841. The van der Waals surface area contributed by atoms with Crippen LogP contribution in [0.2, 0.25) is 0 Å². The Kier molecular flexibility index (Phi) is 3.95. The smallest absolute Gasteiger partial charge is 0.147 e. The van der Waals surface area contributed by atoms with Gasteiger partial charge in [0.1, 0.15) is 5.78 Å². The van der Waals surface area contributed by atoms with Gasteiger partial charge in [0.25, 0.3) is 0 Å². The summed E-state index contributed by atoms with van der Waals surface area (Å²) in [5.41, 5.74) is 2.85. The van der Waals surface area contributed by atoms with Crippen LogP contribution in [0.25, 0.3) is 0 Å². The Bertz CT molecular complexity index is 485. The molecule has 1 fully saturated rings. The topological polar surface area (TPSA) is 17.1 Å². The lowest BCUT2D eigenvalue weighted by Crippen LogP contribution is -2.33. The number of hydrogen-bond acceptors (Lipinski definition) is 3. The van der Waals surface area contributed by atoms with E-state index in [1.165, 1.54) is 11.1 Å². The Labute approximate surface area is 123 Å². The van der Waals surface area contributed by atoms with Crippen LogP contribution < -0.4 is 0 Å². The SMILES string of the molecule is CC1SCC(C(=O)CC2Cc3ccccc32)SC1C. The molecule has 3 heteroatoms. The molecule has 2 aliphatic rings. The molecular weight excluding hydrogens is 272 g/mol. The maximum absolute atomic E-state index is 12.4. The normalized spacial score (nSPS) is 33.4. The third-order valence-corrected chi connectivity index (χ3v) is 7.76. The maximum Gasteiger partial charge on any atom is 0.147 e. The second-order valence-corrected chi connectivity index (χ2v) is 8.63. The predicted molar refractivity (Wildman–Crippen MR) is 85.3 cm³/mol. The van der Waals surface area contributed by atoms with Crippen molar-refractivity contribution in [2.75, 3.05) is 5.75 Å². The molecule has 1 aliphatic carbocycles. The van der Waals surface area contributed by atoms with E-state index in [0.717, 1.165) is 18.6 Å². The van der Waals surface area contributed by atoms with Gasteiger partial charge in [-0.15, -0.1) is 11.8 Å². The molecule has 4 atom stereocenters. The molecule has 102 valence electrons. The minimum absolute atomic E-state index is 0.226. The fourth-order valence-electron chi connectivity index (χ4n) is 2.87. The zero-order valence-corrected chi connectivity index (χ0v) is 13.1. The molecule has 1 aromatic carbocycles. The summed E-state index contributed by atoms with van der Waals surface area (Å²) >= 11 is 3.85. The highest BCUT2D eigenvalue weighted by atomic mass is 32.2. The Morgan fingerprint density at radius 2 is 2.05 bits per heavy atom. The van der Waals surface area contributed by atoms with Crippen LogP contribution in [0.15, 0.2) is 24.3 Å². The van der Waals surface area contributed by atoms with Crippen LogP contribution in [0.3, 0.4) is 0 Å². The molecule has 3 rings (SSSR count). The van der Waals surface area contributed by atoms with Crippen molar-refractivity contribution in [3.8, 4) is 0 Å². The first-order valence-corrected chi connectivity index (χ1v) is 9.02. The molecule has 1 aromatic rings. The number of thioether (sulfide) groups is 2. The average molecular weight is 292 g/mol. The third-order valence-electron chi connectivity index (χ3n) is 4.32. The van der Waals surface area contributed by atoms with Gasteiger partial charge in [-0.05, 0) is 23.5 Å². The summed E-state index contributed by atoms with van der Waals surface area (Å²) in [6.45, 7) is 4.52. The lowest BCUT2D eigenvalue weighted by atomic mass is 9.75. The number of fused-ring (bicyclic) bond motifs is 1. The van der Waals surface area contributed by atoms with Gasteiger partial charge in [-0.3, -0.25) is 4.79 Å². The number of rotatable bonds is 3. The molecule has 1 saturated heterocycles. The molecule has 0 bridgehead atoms. The number of carbonyl (C=O) groups excluding carboxylic acids is 1. The van der Waals surface area contributed by atoms with Crippen LogP contribution in [0.1, 0.15) is 37.3 Å². The summed E-state index contributed by atoms with van der Waals surface area (Å²) in [5.74, 6) is 1.96. The molecule has 1 nitrogen and oxygen atoms in total. The fraction of sp³-hybridized carbons (Fsp3) is 0.562. The largest absolute Gasteiger partial charge is 0.298 e. The summed E-state index contributed by atoms with van der Waals surface area (Å²) in [5, 5.41) is 1.50. The lowest BCUT2D eigenvalue weighted by Gasteiger charge is -2.33. The zero-order valence-electron chi connectivity index (χ0n) is 11.5. The third kappa shape index (κ3) is 2.73. The maximum atomic E-state index is 12.4.